The van der Waals surface area contributed by atoms with E-state index in [9.17, 15) is 5.11 Å². The molecular formula is C55H52N4O7. The summed E-state index contributed by atoms with van der Waals surface area (Å²) in [6.07, 6.45) is 6.76. The van der Waals surface area contributed by atoms with Crippen molar-refractivity contribution in [3.63, 3.8) is 0 Å². The third kappa shape index (κ3) is 7.97. The molecule has 0 saturated carbocycles. The van der Waals surface area contributed by atoms with Crippen LogP contribution >= 0.6 is 0 Å². The maximum atomic E-state index is 16.5. The van der Waals surface area contributed by atoms with Gasteiger partial charge in [-0.15, -0.1) is 6.58 Å². The largest absolute Gasteiger partial charge is 0.491 e. The highest BCUT2D eigenvalue weighted by molar-refractivity contribution is 6.24. The number of carbonyl (C=O) groups excluding carboxylic acids is 4. The summed E-state index contributed by atoms with van der Waals surface area (Å²) in [4.78, 5) is 65.3. The lowest BCUT2D eigenvalue weighted by Gasteiger charge is -2.46. The molecule has 1 aliphatic carbocycles. The SMILES string of the molecule is C=CCNC(=O)[C@H]1[C@@H]2C(=O)O[C@@H](c3ccccc3)[C@@H](c3ccccc3)N2[C@@H](c2cccc(OCCO)c2)[C@]12C(=O)N(C(=O)N[C@H](C)c1ccccc1)c1ccc(C#CC3=CCCCC3)cc12. The molecule has 11 heteroatoms. The van der Waals surface area contributed by atoms with E-state index in [1.54, 1.807) is 30.3 Å². The van der Waals surface area contributed by atoms with Gasteiger partial charge in [0.05, 0.1) is 36.3 Å². The molecule has 0 radical (unpaired) electrons. The van der Waals surface area contributed by atoms with E-state index in [-0.39, 0.29) is 25.4 Å². The predicted molar refractivity (Wildman–Crippen MR) is 251 cm³/mol. The number of rotatable bonds is 11. The zero-order valence-electron chi connectivity index (χ0n) is 36.8. The number of aliphatic hydroxyl groups excluding tert-OH is 1. The summed E-state index contributed by atoms with van der Waals surface area (Å²) >= 11 is 0. The minimum atomic E-state index is -1.96. The molecular weight excluding hydrogens is 829 g/mol. The number of esters is 1. The number of morpholine rings is 1. The lowest BCUT2D eigenvalue weighted by atomic mass is 9.65. The van der Waals surface area contributed by atoms with Crippen LogP contribution in [0.15, 0.2) is 158 Å². The number of imide groups is 1. The topological polar surface area (TPSA) is 138 Å². The van der Waals surface area contributed by atoms with Gasteiger partial charge in [0.15, 0.2) is 0 Å². The van der Waals surface area contributed by atoms with E-state index >= 15 is 19.2 Å². The van der Waals surface area contributed by atoms with Gasteiger partial charge in [0.1, 0.15) is 29.9 Å². The number of hydrogen-bond acceptors (Lipinski definition) is 8. The van der Waals surface area contributed by atoms with Gasteiger partial charge >= 0.3 is 12.0 Å². The molecule has 0 bridgehead atoms. The first-order valence-corrected chi connectivity index (χ1v) is 22.6. The standard InChI is InChI=1S/C55H52N4O7/c1-3-31-56-51(61)46-48-52(62)66-49(41-23-14-7-15-24-41)47(40-21-12-6-13-22-40)59(48)50(42-25-16-26-43(35-42)65-33-32-60)55(46)44-34-38(28-27-37-17-8-4-9-18-37)29-30-45(44)58(53(55)63)54(64)57-36(2)39-19-10-5-11-20-39/h3,5-7,10-17,19-26,29-30,34-36,46-50,60H,1,4,8-9,18,31-33H2,2H3,(H,56,61)(H,57,64)/t36-,46-,47-,48-,49+,50+,55-/m1/s1. The number of allylic oxidation sites excluding steroid dienone is 2. The fraction of sp³-hybridized carbons (Fsp3) is 0.273. The summed E-state index contributed by atoms with van der Waals surface area (Å²) in [7, 11) is 0. The van der Waals surface area contributed by atoms with Crippen LogP contribution in [0.2, 0.25) is 0 Å². The molecule has 1 spiro atoms. The highest BCUT2D eigenvalue weighted by Crippen LogP contribution is 2.66. The van der Waals surface area contributed by atoms with Gasteiger partial charge < -0.3 is 25.2 Å². The first kappa shape index (κ1) is 44.0. The molecule has 2 saturated heterocycles. The van der Waals surface area contributed by atoms with Crippen molar-refractivity contribution in [2.75, 3.05) is 24.7 Å². The molecule has 5 aromatic carbocycles. The number of carbonyl (C=O) groups is 4. The van der Waals surface area contributed by atoms with Crippen LogP contribution in [-0.4, -0.2) is 59.6 Å². The fourth-order valence-corrected chi connectivity index (χ4v) is 10.4. The zero-order chi connectivity index (χ0) is 45.8. The maximum Gasteiger partial charge on any atom is 0.329 e. The second-order valence-electron chi connectivity index (χ2n) is 17.1. The fourth-order valence-electron chi connectivity index (χ4n) is 10.4. The quantitative estimate of drug-likeness (QED) is 0.0685. The summed E-state index contributed by atoms with van der Waals surface area (Å²) in [5.41, 5.74) is 3.14. The lowest BCUT2D eigenvalue weighted by Crippen LogP contribution is -2.56. The van der Waals surface area contributed by atoms with Crippen LogP contribution in [0, 0.1) is 17.8 Å². The van der Waals surface area contributed by atoms with Crippen LogP contribution in [0.1, 0.15) is 90.2 Å². The van der Waals surface area contributed by atoms with Gasteiger partial charge in [0.25, 0.3) is 0 Å². The first-order chi connectivity index (χ1) is 32.3. The molecule has 5 aromatic rings. The lowest BCUT2D eigenvalue weighted by molar-refractivity contribution is -0.178. The molecule has 4 amide bonds. The van der Waals surface area contributed by atoms with E-state index in [2.05, 4.69) is 35.1 Å². The van der Waals surface area contributed by atoms with Crippen molar-refractivity contribution in [3.8, 4) is 17.6 Å². The average molecular weight is 881 g/mol. The van der Waals surface area contributed by atoms with Gasteiger partial charge in [0, 0.05) is 12.1 Å². The van der Waals surface area contributed by atoms with Crippen molar-refractivity contribution < 1.29 is 33.8 Å². The van der Waals surface area contributed by atoms with Crippen molar-refractivity contribution in [2.24, 2.45) is 5.92 Å². The number of nitrogens with zero attached hydrogens (tertiary/aromatic N) is 2. The molecule has 3 N–H and O–H groups in total. The van der Waals surface area contributed by atoms with Crippen LogP contribution in [0.25, 0.3) is 0 Å². The molecule has 9 rings (SSSR count). The Morgan fingerprint density at radius 2 is 1.59 bits per heavy atom. The van der Waals surface area contributed by atoms with Gasteiger partial charge in [-0.25, -0.2) is 9.69 Å². The van der Waals surface area contributed by atoms with E-state index in [0.717, 1.165) is 47.3 Å². The van der Waals surface area contributed by atoms with Gasteiger partial charge in [-0.2, -0.15) is 0 Å². The predicted octanol–water partition coefficient (Wildman–Crippen LogP) is 8.35. The van der Waals surface area contributed by atoms with Gasteiger partial charge in [-0.3, -0.25) is 19.3 Å². The Kier molecular flexibility index (Phi) is 12.7. The number of cyclic esters (lactones) is 1. The van der Waals surface area contributed by atoms with Crippen LogP contribution in [0.4, 0.5) is 10.5 Å². The zero-order valence-corrected chi connectivity index (χ0v) is 36.8. The minimum Gasteiger partial charge on any atom is -0.491 e. The summed E-state index contributed by atoms with van der Waals surface area (Å²) in [6, 6.07) is 36.6. The second kappa shape index (κ2) is 19.1. The van der Waals surface area contributed by atoms with Crippen molar-refractivity contribution in [3.05, 3.63) is 191 Å². The van der Waals surface area contributed by atoms with Crippen molar-refractivity contribution >= 4 is 29.5 Å². The van der Waals surface area contributed by atoms with Crippen LogP contribution in [0.5, 0.6) is 5.75 Å². The smallest absolute Gasteiger partial charge is 0.329 e. The Labute approximate surface area is 385 Å². The van der Waals surface area contributed by atoms with E-state index in [4.69, 9.17) is 9.47 Å². The first-order valence-electron chi connectivity index (χ1n) is 22.6. The van der Waals surface area contributed by atoms with Crippen molar-refractivity contribution in [1.82, 2.24) is 15.5 Å². The van der Waals surface area contributed by atoms with Crippen molar-refractivity contribution in [2.45, 2.75) is 68.3 Å². The van der Waals surface area contributed by atoms with Crippen molar-refractivity contribution in [1.29, 1.82) is 0 Å². The Balaban J connectivity index is 1.34. The molecule has 11 nitrogen and oxygen atoms in total. The molecule has 334 valence electrons. The Morgan fingerprint density at radius 1 is 0.879 bits per heavy atom. The normalized spacial score (nSPS) is 23.6. The number of fused-ring (bicyclic) bond motifs is 3. The van der Waals surface area contributed by atoms with E-state index in [1.807, 2.05) is 115 Å². The molecule has 3 aliphatic heterocycles. The molecule has 66 heavy (non-hydrogen) atoms. The summed E-state index contributed by atoms with van der Waals surface area (Å²) in [5, 5.41) is 15.8. The molecule has 0 unspecified atom stereocenters. The highest BCUT2D eigenvalue weighted by atomic mass is 16.6. The number of anilines is 1. The Morgan fingerprint density at radius 3 is 2.29 bits per heavy atom. The molecule has 3 heterocycles. The monoisotopic (exact) mass is 880 g/mol. The summed E-state index contributed by atoms with van der Waals surface area (Å²) in [5.74, 6) is 3.68. The summed E-state index contributed by atoms with van der Waals surface area (Å²) < 4.78 is 12.6. The van der Waals surface area contributed by atoms with Gasteiger partial charge in [-0.1, -0.05) is 127 Å². The maximum absolute atomic E-state index is 16.5. The third-order valence-corrected chi connectivity index (χ3v) is 13.2. The van der Waals surface area contributed by atoms with E-state index in [0.29, 0.717) is 28.0 Å². The molecule has 2 fully saturated rings. The number of ether oxygens (including phenoxy) is 2. The average Bonchev–Trinajstić information content (AvgIpc) is 3.81. The third-order valence-electron chi connectivity index (χ3n) is 13.2. The number of aliphatic hydroxyl groups is 1. The number of amides is 4. The molecule has 0 aromatic heterocycles. The number of urea groups is 1. The number of nitrogens with one attached hydrogen (secondary N) is 2. The minimum absolute atomic E-state index is 0.00100. The van der Waals surface area contributed by atoms with E-state index in [1.165, 1.54) is 6.08 Å². The molecule has 7 atom stereocenters. The van der Waals surface area contributed by atoms with E-state index < -0.39 is 65.4 Å². The Hall–Kier alpha value is -7.26. The molecule has 4 aliphatic rings. The van der Waals surface area contributed by atoms with Gasteiger partial charge in [-0.05, 0) is 96.3 Å². The van der Waals surface area contributed by atoms with Crippen LogP contribution in [0.3, 0.4) is 0 Å². The summed E-state index contributed by atoms with van der Waals surface area (Å²) in [6.45, 7) is 5.49. The highest BCUT2D eigenvalue weighted by Gasteiger charge is 2.75. The second-order valence-corrected chi connectivity index (χ2v) is 17.1. The van der Waals surface area contributed by atoms with Gasteiger partial charge in [0.2, 0.25) is 11.8 Å². The number of benzene rings is 5. The van der Waals surface area contributed by atoms with Crippen LogP contribution in [-0.2, 0) is 24.5 Å². The van der Waals surface area contributed by atoms with Crippen LogP contribution < -0.4 is 20.3 Å². The number of hydrogen-bond donors (Lipinski definition) is 3. The Bertz CT molecular complexity index is 2730.